The summed E-state index contributed by atoms with van der Waals surface area (Å²) < 4.78 is 6.91. The zero-order valence-corrected chi connectivity index (χ0v) is 11.2. The van der Waals surface area contributed by atoms with E-state index >= 15 is 0 Å². The molecule has 0 saturated heterocycles. The molecule has 0 aromatic heterocycles. The SMILES string of the molecule is CCOC(=O)c1cc2c3n(ccc-2n1)C(Br)C=N3. The van der Waals surface area contributed by atoms with Crippen LogP contribution in [0.3, 0.4) is 0 Å². The van der Waals surface area contributed by atoms with E-state index in [1.165, 1.54) is 0 Å². The number of aromatic nitrogens is 2. The van der Waals surface area contributed by atoms with Gasteiger partial charge in [0.25, 0.3) is 0 Å². The van der Waals surface area contributed by atoms with Crippen LogP contribution < -0.4 is 0 Å². The molecule has 0 N–H and O–H groups in total. The van der Waals surface area contributed by atoms with E-state index in [1.54, 1.807) is 19.2 Å². The number of aliphatic imine (C=N–C) groups is 1. The highest BCUT2D eigenvalue weighted by molar-refractivity contribution is 9.09. The molecule has 0 aliphatic carbocycles. The fourth-order valence-corrected chi connectivity index (χ4v) is 2.40. The molecule has 0 radical (unpaired) electrons. The average Bonchev–Trinajstić information content (AvgIpc) is 2.93. The van der Waals surface area contributed by atoms with E-state index in [-0.39, 0.29) is 4.95 Å². The molecule has 18 heavy (non-hydrogen) atoms. The predicted molar refractivity (Wildman–Crippen MR) is 70.9 cm³/mol. The summed E-state index contributed by atoms with van der Waals surface area (Å²) >= 11 is 3.48. The highest BCUT2D eigenvalue weighted by Crippen LogP contribution is 2.38. The Morgan fingerprint density at radius 3 is 3.22 bits per heavy atom. The standard InChI is InChI=1S/C12H10BrN3O2/c1-2-18-12(17)9-5-7-8(15-9)3-4-16-10(13)6-14-11(7)16/h3-6,10H,2H2,1H3. The van der Waals surface area contributed by atoms with Gasteiger partial charge in [0, 0.05) is 18.0 Å². The lowest BCUT2D eigenvalue weighted by Crippen LogP contribution is -2.04. The third-order valence-electron chi connectivity index (χ3n) is 2.75. The van der Waals surface area contributed by atoms with Crippen LogP contribution in [0.4, 0.5) is 5.82 Å². The largest absolute Gasteiger partial charge is 0.461 e. The van der Waals surface area contributed by atoms with E-state index in [2.05, 4.69) is 25.9 Å². The zero-order valence-electron chi connectivity index (χ0n) is 9.63. The molecular weight excluding hydrogens is 298 g/mol. The summed E-state index contributed by atoms with van der Waals surface area (Å²) in [4.78, 5) is 20.3. The van der Waals surface area contributed by atoms with Crippen LogP contribution in [-0.4, -0.2) is 28.3 Å². The highest BCUT2D eigenvalue weighted by Gasteiger charge is 2.23. The van der Waals surface area contributed by atoms with Crippen molar-refractivity contribution in [1.29, 1.82) is 0 Å². The third-order valence-corrected chi connectivity index (χ3v) is 3.42. The lowest BCUT2D eigenvalue weighted by molar-refractivity contribution is 0.0520. The molecule has 5 nitrogen and oxygen atoms in total. The Bertz CT molecular complexity index is 620. The summed E-state index contributed by atoms with van der Waals surface area (Å²) in [5.74, 6) is 0.405. The topological polar surface area (TPSA) is 56.5 Å². The van der Waals surface area contributed by atoms with Crippen LogP contribution in [0.15, 0.2) is 23.3 Å². The fourth-order valence-electron chi connectivity index (χ4n) is 1.95. The number of alkyl halides is 1. The first-order chi connectivity index (χ1) is 8.70. The summed E-state index contributed by atoms with van der Waals surface area (Å²) in [5.41, 5.74) is 1.94. The fraction of sp³-hybridized carbons (Fsp3) is 0.250. The number of carbonyl (C=O) groups is 1. The minimum Gasteiger partial charge on any atom is -0.461 e. The number of esters is 1. The molecule has 92 valence electrons. The van der Waals surface area contributed by atoms with Gasteiger partial charge in [0.05, 0.1) is 12.3 Å². The number of hydrogen-bond acceptors (Lipinski definition) is 4. The number of halogens is 1. The van der Waals surface area contributed by atoms with Crippen LogP contribution in [-0.2, 0) is 4.74 Å². The number of fused-ring (bicyclic) bond motifs is 3. The van der Waals surface area contributed by atoms with Crippen molar-refractivity contribution in [2.75, 3.05) is 6.61 Å². The van der Waals surface area contributed by atoms with Crippen LogP contribution in [0, 0.1) is 0 Å². The van der Waals surface area contributed by atoms with Crippen LogP contribution in [0.5, 0.6) is 0 Å². The molecular formula is C12H10BrN3O2. The van der Waals surface area contributed by atoms with Gasteiger partial charge in [-0.05, 0) is 19.1 Å². The van der Waals surface area contributed by atoms with Crippen molar-refractivity contribution < 1.29 is 9.53 Å². The number of nitrogens with zero attached hydrogens (tertiary/aromatic N) is 3. The molecule has 6 heteroatoms. The van der Waals surface area contributed by atoms with Crippen molar-refractivity contribution in [2.45, 2.75) is 11.9 Å². The molecule has 0 aromatic rings. The molecule has 1 atom stereocenters. The maximum Gasteiger partial charge on any atom is 0.356 e. The van der Waals surface area contributed by atoms with Crippen LogP contribution in [0.25, 0.3) is 11.3 Å². The number of rotatable bonds is 2. The number of carbonyl (C=O) groups excluding carboxylic acids is 1. The smallest absolute Gasteiger partial charge is 0.356 e. The van der Waals surface area contributed by atoms with Crippen molar-refractivity contribution in [2.24, 2.45) is 4.99 Å². The summed E-state index contributed by atoms with van der Waals surface area (Å²) in [6.45, 7) is 2.12. The van der Waals surface area contributed by atoms with E-state index in [0.29, 0.717) is 12.3 Å². The lowest BCUT2D eigenvalue weighted by Gasteiger charge is -2.09. The Morgan fingerprint density at radius 2 is 2.44 bits per heavy atom. The van der Waals surface area contributed by atoms with Gasteiger partial charge in [-0.2, -0.15) is 0 Å². The maximum absolute atomic E-state index is 11.6. The van der Waals surface area contributed by atoms with Crippen LogP contribution >= 0.6 is 15.9 Å². The first-order valence-corrected chi connectivity index (χ1v) is 6.49. The normalized spacial score (nSPS) is 17.1. The second-order valence-electron chi connectivity index (χ2n) is 3.86. The van der Waals surface area contributed by atoms with Crippen molar-refractivity contribution >= 4 is 33.9 Å². The predicted octanol–water partition coefficient (Wildman–Crippen LogP) is 2.77. The van der Waals surface area contributed by atoms with Gasteiger partial charge < -0.3 is 9.30 Å². The molecule has 0 amide bonds. The van der Waals surface area contributed by atoms with E-state index in [0.717, 1.165) is 17.1 Å². The Hall–Kier alpha value is -1.69. The molecule has 0 spiro atoms. The third kappa shape index (κ3) is 1.64. The van der Waals surface area contributed by atoms with Gasteiger partial charge >= 0.3 is 5.97 Å². The molecule has 0 bridgehead atoms. The number of hydrogen-bond donors (Lipinski definition) is 0. The van der Waals surface area contributed by atoms with Crippen molar-refractivity contribution in [3.05, 3.63) is 24.0 Å². The van der Waals surface area contributed by atoms with E-state index < -0.39 is 5.97 Å². The molecule has 3 aliphatic rings. The van der Waals surface area contributed by atoms with Crippen molar-refractivity contribution in [3.8, 4) is 11.3 Å². The lowest BCUT2D eigenvalue weighted by atomic mass is 10.2. The van der Waals surface area contributed by atoms with Gasteiger partial charge in [0.15, 0.2) is 0 Å². The maximum atomic E-state index is 11.6. The van der Waals surface area contributed by atoms with Gasteiger partial charge in [0.2, 0.25) is 0 Å². The molecule has 0 aromatic carbocycles. The average molecular weight is 308 g/mol. The Kier molecular flexibility index (Phi) is 2.66. The van der Waals surface area contributed by atoms with Gasteiger partial charge in [-0.1, -0.05) is 15.9 Å². The van der Waals surface area contributed by atoms with Gasteiger partial charge in [-0.3, -0.25) is 0 Å². The molecule has 0 saturated carbocycles. The van der Waals surface area contributed by atoms with Gasteiger partial charge in [-0.15, -0.1) is 0 Å². The van der Waals surface area contributed by atoms with Crippen molar-refractivity contribution in [3.63, 3.8) is 0 Å². The number of ether oxygens (including phenoxy) is 1. The zero-order chi connectivity index (χ0) is 12.7. The van der Waals surface area contributed by atoms with E-state index in [9.17, 15) is 4.79 Å². The summed E-state index contributed by atoms with van der Waals surface area (Å²) in [6, 6.07) is 3.59. The van der Waals surface area contributed by atoms with Gasteiger partial charge in [-0.25, -0.2) is 14.8 Å². The summed E-state index contributed by atoms with van der Waals surface area (Å²) in [7, 11) is 0. The number of pyridine rings is 1. The minimum absolute atomic E-state index is 0.0536. The molecule has 3 heterocycles. The quantitative estimate of drug-likeness (QED) is 0.633. The van der Waals surface area contributed by atoms with Crippen LogP contribution in [0.2, 0.25) is 0 Å². The Morgan fingerprint density at radius 1 is 1.61 bits per heavy atom. The van der Waals surface area contributed by atoms with Crippen LogP contribution in [0.1, 0.15) is 22.4 Å². The molecule has 3 aliphatic heterocycles. The first-order valence-electron chi connectivity index (χ1n) is 5.57. The van der Waals surface area contributed by atoms with E-state index in [4.69, 9.17) is 4.74 Å². The Balaban J connectivity index is 2.11. The monoisotopic (exact) mass is 307 g/mol. The summed E-state index contributed by atoms with van der Waals surface area (Å²) in [6.07, 6.45) is 3.69. The molecule has 3 rings (SSSR count). The van der Waals surface area contributed by atoms with Gasteiger partial charge in [0.1, 0.15) is 16.5 Å². The minimum atomic E-state index is -0.398. The second kappa shape index (κ2) is 4.20. The first kappa shape index (κ1) is 11.4. The Labute approximate surface area is 112 Å². The highest BCUT2D eigenvalue weighted by atomic mass is 79.9. The molecule has 0 fully saturated rings. The van der Waals surface area contributed by atoms with Crippen molar-refractivity contribution in [1.82, 2.24) is 9.55 Å². The summed E-state index contributed by atoms with van der Waals surface area (Å²) in [5, 5.41) is 0. The molecule has 1 unspecified atom stereocenters. The van der Waals surface area contributed by atoms with E-state index in [1.807, 2.05) is 16.8 Å². The second-order valence-corrected chi connectivity index (χ2v) is 4.80.